The maximum Gasteiger partial charge on any atom is 0.136 e. The van der Waals surface area contributed by atoms with Crippen molar-refractivity contribution in [1.82, 2.24) is 14.9 Å². The molecule has 1 aliphatic rings. The molecular weight excluding hydrogens is 254 g/mol. The fourth-order valence-corrected chi connectivity index (χ4v) is 1.84. The molecule has 0 aliphatic heterocycles. The highest BCUT2D eigenvalue weighted by Crippen LogP contribution is 2.39. The predicted octanol–water partition coefficient (Wildman–Crippen LogP) is 1.23. The van der Waals surface area contributed by atoms with Crippen LogP contribution < -0.4 is 11.1 Å². The number of hydrogen-bond acceptors (Lipinski definition) is 6. The third-order valence-electron chi connectivity index (χ3n) is 3.36. The highest BCUT2D eigenvalue weighted by Gasteiger charge is 2.27. The molecule has 112 valence electrons. The average Bonchev–Trinajstić information content (AvgIpc) is 3.22. The van der Waals surface area contributed by atoms with Crippen molar-refractivity contribution < 1.29 is 4.74 Å². The van der Waals surface area contributed by atoms with Gasteiger partial charge in [0.25, 0.3) is 0 Å². The van der Waals surface area contributed by atoms with Crippen LogP contribution in [0.3, 0.4) is 0 Å². The van der Waals surface area contributed by atoms with Gasteiger partial charge in [-0.25, -0.2) is 9.97 Å². The molecular formula is C14H25N5O. The number of likely N-dealkylation sites (N-methyl/N-ethyl adjacent to an activating group) is 1. The van der Waals surface area contributed by atoms with Crippen LogP contribution in [0.2, 0.25) is 0 Å². The zero-order chi connectivity index (χ0) is 14.5. The van der Waals surface area contributed by atoms with Crippen molar-refractivity contribution in [3.05, 3.63) is 11.4 Å². The van der Waals surface area contributed by atoms with Crippen molar-refractivity contribution in [3.63, 3.8) is 0 Å². The zero-order valence-corrected chi connectivity index (χ0v) is 12.6. The molecule has 0 spiro atoms. The van der Waals surface area contributed by atoms with Crippen LogP contribution in [0.15, 0.2) is 0 Å². The Morgan fingerprint density at radius 1 is 1.30 bits per heavy atom. The lowest BCUT2D eigenvalue weighted by Crippen LogP contribution is -2.20. The maximum absolute atomic E-state index is 5.94. The van der Waals surface area contributed by atoms with E-state index >= 15 is 0 Å². The Morgan fingerprint density at radius 2 is 2.05 bits per heavy atom. The van der Waals surface area contributed by atoms with Gasteiger partial charge in [0, 0.05) is 24.6 Å². The van der Waals surface area contributed by atoms with Gasteiger partial charge in [-0.1, -0.05) is 0 Å². The Hall–Kier alpha value is -1.40. The summed E-state index contributed by atoms with van der Waals surface area (Å²) in [6.45, 7) is 5.02. The molecule has 6 nitrogen and oxygen atoms in total. The van der Waals surface area contributed by atoms with E-state index in [0.29, 0.717) is 18.3 Å². The van der Waals surface area contributed by atoms with Crippen molar-refractivity contribution in [3.8, 4) is 0 Å². The first-order valence-corrected chi connectivity index (χ1v) is 7.18. The topological polar surface area (TPSA) is 76.3 Å². The van der Waals surface area contributed by atoms with Gasteiger partial charge in [0.15, 0.2) is 0 Å². The van der Waals surface area contributed by atoms with Gasteiger partial charge in [-0.05, 0) is 33.9 Å². The number of nitrogen functional groups attached to an aromatic ring is 1. The van der Waals surface area contributed by atoms with Crippen LogP contribution in [0.5, 0.6) is 0 Å². The lowest BCUT2D eigenvalue weighted by Gasteiger charge is -2.13. The number of aromatic nitrogens is 2. The Labute approximate surface area is 120 Å². The molecule has 1 aromatic heterocycles. The second-order valence-electron chi connectivity index (χ2n) is 5.56. The number of ether oxygens (including phenoxy) is 1. The molecule has 20 heavy (non-hydrogen) atoms. The lowest BCUT2D eigenvalue weighted by molar-refractivity contribution is 0.126. The minimum atomic E-state index is 0.509. The molecule has 0 amide bonds. The lowest BCUT2D eigenvalue weighted by atomic mass is 10.3. The summed E-state index contributed by atoms with van der Waals surface area (Å²) in [6, 6.07) is 0. The van der Waals surface area contributed by atoms with Crippen LogP contribution in [-0.4, -0.2) is 55.3 Å². The molecule has 1 aliphatic carbocycles. The maximum atomic E-state index is 5.94. The fraction of sp³-hybridized carbons (Fsp3) is 0.714. The molecule has 3 N–H and O–H groups in total. The Morgan fingerprint density at radius 3 is 2.70 bits per heavy atom. The number of nitrogens with zero attached hydrogens (tertiary/aromatic N) is 3. The number of nitrogens with one attached hydrogen (secondary N) is 1. The fourth-order valence-electron chi connectivity index (χ4n) is 1.84. The summed E-state index contributed by atoms with van der Waals surface area (Å²) in [5.74, 6) is 2.81. The minimum absolute atomic E-state index is 0.509. The van der Waals surface area contributed by atoms with Gasteiger partial charge in [0.1, 0.15) is 17.5 Å². The molecule has 0 atom stereocenters. The molecule has 1 fully saturated rings. The van der Waals surface area contributed by atoms with Crippen LogP contribution >= 0.6 is 0 Å². The second-order valence-corrected chi connectivity index (χ2v) is 5.56. The average molecular weight is 279 g/mol. The summed E-state index contributed by atoms with van der Waals surface area (Å²) in [5, 5.41) is 3.30. The molecule has 0 aromatic carbocycles. The van der Waals surface area contributed by atoms with Crippen LogP contribution in [0.4, 0.5) is 11.6 Å². The van der Waals surface area contributed by atoms with Crippen molar-refractivity contribution >= 4 is 11.6 Å². The van der Waals surface area contributed by atoms with Crippen LogP contribution in [0.1, 0.15) is 30.1 Å². The molecule has 0 bridgehead atoms. The van der Waals surface area contributed by atoms with E-state index < -0.39 is 0 Å². The van der Waals surface area contributed by atoms with Gasteiger partial charge >= 0.3 is 0 Å². The van der Waals surface area contributed by atoms with Crippen molar-refractivity contribution in [2.24, 2.45) is 0 Å². The van der Waals surface area contributed by atoms with Gasteiger partial charge in [-0.3, -0.25) is 0 Å². The highest BCUT2D eigenvalue weighted by atomic mass is 16.5. The number of hydrogen-bond donors (Lipinski definition) is 2. The van der Waals surface area contributed by atoms with Gasteiger partial charge < -0.3 is 20.7 Å². The summed E-state index contributed by atoms with van der Waals surface area (Å²) < 4.78 is 5.55. The number of rotatable bonds is 8. The van der Waals surface area contributed by atoms with Gasteiger partial charge in [-0.15, -0.1) is 0 Å². The van der Waals surface area contributed by atoms with E-state index in [-0.39, 0.29) is 0 Å². The van der Waals surface area contributed by atoms with Gasteiger partial charge in [-0.2, -0.15) is 0 Å². The quantitative estimate of drug-likeness (QED) is 0.697. The molecule has 1 saturated carbocycles. The van der Waals surface area contributed by atoms with E-state index in [0.717, 1.165) is 36.9 Å². The molecule has 0 radical (unpaired) electrons. The number of anilines is 2. The summed E-state index contributed by atoms with van der Waals surface area (Å²) in [4.78, 5) is 11.0. The normalized spacial score (nSPS) is 14.8. The second kappa shape index (κ2) is 6.85. The minimum Gasteiger partial charge on any atom is -0.383 e. The standard InChI is InChI=1S/C14H25N5O/c1-10-12(15)17-14(11-4-5-11)18-13(10)16-6-8-20-9-7-19(2)3/h11H,4-9H2,1-3H3,(H3,15,16,17,18). The van der Waals surface area contributed by atoms with Crippen molar-refractivity contribution in [2.45, 2.75) is 25.7 Å². The largest absolute Gasteiger partial charge is 0.383 e. The van der Waals surface area contributed by atoms with Gasteiger partial charge in [0.05, 0.1) is 13.2 Å². The first kappa shape index (κ1) is 15.0. The SMILES string of the molecule is Cc1c(N)nc(C2CC2)nc1NCCOCCN(C)C. The van der Waals surface area contributed by atoms with Crippen molar-refractivity contribution in [2.75, 3.05) is 51.4 Å². The predicted molar refractivity (Wildman–Crippen MR) is 81.0 cm³/mol. The first-order valence-electron chi connectivity index (χ1n) is 7.18. The molecule has 6 heteroatoms. The monoisotopic (exact) mass is 279 g/mol. The summed E-state index contributed by atoms with van der Waals surface area (Å²) in [6.07, 6.45) is 2.35. The molecule has 0 saturated heterocycles. The third kappa shape index (κ3) is 4.31. The third-order valence-corrected chi connectivity index (χ3v) is 3.36. The van der Waals surface area contributed by atoms with E-state index in [4.69, 9.17) is 10.5 Å². The highest BCUT2D eigenvalue weighted by molar-refractivity contribution is 5.55. The van der Waals surface area contributed by atoms with Crippen molar-refractivity contribution in [1.29, 1.82) is 0 Å². The summed E-state index contributed by atoms with van der Waals surface area (Å²) in [5.41, 5.74) is 6.86. The summed E-state index contributed by atoms with van der Waals surface area (Å²) >= 11 is 0. The van der Waals surface area contributed by atoms with E-state index in [1.54, 1.807) is 0 Å². The smallest absolute Gasteiger partial charge is 0.136 e. The van der Waals surface area contributed by atoms with Crippen LogP contribution in [0, 0.1) is 6.92 Å². The van der Waals surface area contributed by atoms with E-state index in [9.17, 15) is 0 Å². The van der Waals surface area contributed by atoms with E-state index in [1.807, 2.05) is 21.0 Å². The molecule has 0 unspecified atom stereocenters. The van der Waals surface area contributed by atoms with Crippen LogP contribution in [0.25, 0.3) is 0 Å². The molecule has 1 aromatic rings. The molecule has 2 rings (SSSR count). The molecule has 1 heterocycles. The van der Waals surface area contributed by atoms with Gasteiger partial charge in [0.2, 0.25) is 0 Å². The summed E-state index contributed by atoms with van der Waals surface area (Å²) in [7, 11) is 4.07. The first-order chi connectivity index (χ1) is 9.58. The Bertz CT molecular complexity index is 445. The Balaban J connectivity index is 1.80. The Kier molecular flexibility index (Phi) is 5.14. The van der Waals surface area contributed by atoms with Crippen LogP contribution in [-0.2, 0) is 4.74 Å². The zero-order valence-electron chi connectivity index (χ0n) is 12.6. The number of nitrogens with two attached hydrogens (primary N) is 1. The van der Waals surface area contributed by atoms with E-state index in [2.05, 4.69) is 20.2 Å². The van der Waals surface area contributed by atoms with E-state index in [1.165, 1.54) is 12.8 Å².